The third kappa shape index (κ3) is 1.96. The minimum absolute atomic E-state index is 0.0153. The molecule has 0 radical (unpaired) electrons. The molecule has 1 saturated carbocycles. The average Bonchev–Trinajstić information content (AvgIpc) is 2.51. The van der Waals surface area contributed by atoms with Gasteiger partial charge < -0.3 is 0 Å². The van der Waals surface area contributed by atoms with E-state index in [2.05, 4.69) is 15.9 Å². The Balaban J connectivity index is 2.07. The highest BCUT2D eigenvalue weighted by Gasteiger charge is 2.47. The zero-order valence-corrected chi connectivity index (χ0v) is 10.3. The Hall–Kier alpha value is -0.380. The van der Waals surface area contributed by atoms with E-state index in [1.165, 1.54) is 4.90 Å². The number of alkyl halides is 1. The SMILES string of the molecule is O=C1[C@H]2CCCC[C@H]2C(=O)N1CCCBr. The largest absolute Gasteiger partial charge is 0.282 e. The van der Waals surface area contributed by atoms with Crippen LogP contribution in [0.3, 0.4) is 0 Å². The molecule has 0 bridgehead atoms. The molecule has 2 amide bonds. The topological polar surface area (TPSA) is 37.4 Å². The molecule has 0 aromatic carbocycles. The van der Waals surface area contributed by atoms with Crippen LogP contribution in [0.5, 0.6) is 0 Å². The maximum atomic E-state index is 11.9. The summed E-state index contributed by atoms with van der Waals surface area (Å²) in [6.07, 6.45) is 4.90. The summed E-state index contributed by atoms with van der Waals surface area (Å²) in [4.78, 5) is 25.4. The van der Waals surface area contributed by atoms with Crippen molar-refractivity contribution >= 4 is 27.7 Å². The number of rotatable bonds is 3. The van der Waals surface area contributed by atoms with Crippen LogP contribution in [0, 0.1) is 11.8 Å². The summed E-state index contributed by atoms with van der Waals surface area (Å²) in [5, 5.41) is 0.847. The van der Waals surface area contributed by atoms with Crippen molar-refractivity contribution in [3.63, 3.8) is 0 Å². The van der Waals surface area contributed by atoms with Gasteiger partial charge in [0, 0.05) is 11.9 Å². The first-order valence-electron chi connectivity index (χ1n) is 5.67. The molecule has 15 heavy (non-hydrogen) atoms. The van der Waals surface area contributed by atoms with Crippen molar-refractivity contribution in [3.05, 3.63) is 0 Å². The summed E-state index contributed by atoms with van der Waals surface area (Å²) >= 11 is 3.32. The summed E-state index contributed by atoms with van der Waals surface area (Å²) in [5.41, 5.74) is 0. The molecular formula is C11H16BrNO2. The maximum Gasteiger partial charge on any atom is 0.233 e. The lowest BCUT2D eigenvalue weighted by Gasteiger charge is -2.19. The van der Waals surface area contributed by atoms with E-state index in [-0.39, 0.29) is 23.7 Å². The zero-order valence-electron chi connectivity index (χ0n) is 8.75. The van der Waals surface area contributed by atoms with Crippen LogP contribution in [0.4, 0.5) is 0 Å². The number of carbonyl (C=O) groups excluding carboxylic acids is 2. The highest BCUT2D eigenvalue weighted by atomic mass is 79.9. The molecule has 0 N–H and O–H groups in total. The third-order valence-corrected chi connectivity index (χ3v) is 4.01. The molecule has 0 spiro atoms. The van der Waals surface area contributed by atoms with Crippen LogP contribution >= 0.6 is 15.9 Å². The molecule has 1 heterocycles. The maximum absolute atomic E-state index is 11.9. The van der Waals surface area contributed by atoms with E-state index in [1.54, 1.807) is 0 Å². The van der Waals surface area contributed by atoms with Crippen molar-refractivity contribution in [3.8, 4) is 0 Å². The number of fused-ring (bicyclic) bond motifs is 1. The molecular weight excluding hydrogens is 258 g/mol. The lowest BCUT2D eigenvalue weighted by atomic mass is 9.81. The molecule has 3 nitrogen and oxygen atoms in total. The summed E-state index contributed by atoms with van der Waals surface area (Å²) in [7, 11) is 0. The molecule has 84 valence electrons. The first-order valence-corrected chi connectivity index (χ1v) is 6.79. The fourth-order valence-electron chi connectivity index (χ4n) is 2.67. The van der Waals surface area contributed by atoms with Crippen molar-refractivity contribution in [1.82, 2.24) is 4.90 Å². The van der Waals surface area contributed by atoms with Crippen molar-refractivity contribution < 1.29 is 9.59 Å². The standard InChI is InChI=1S/C11H16BrNO2/c12-6-3-7-13-10(14)8-4-1-2-5-9(8)11(13)15/h8-9H,1-7H2/t8-,9+. The van der Waals surface area contributed by atoms with Gasteiger partial charge in [-0.15, -0.1) is 0 Å². The summed E-state index contributed by atoms with van der Waals surface area (Å²) < 4.78 is 0. The van der Waals surface area contributed by atoms with E-state index in [0.29, 0.717) is 6.54 Å². The van der Waals surface area contributed by atoms with Crippen LogP contribution in [-0.4, -0.2) is 28.6 Å². The number of halogens is 1. The second-order valence-corrected chi connectivity index (χ2v) is 5.16. The molecule has 2 rings (SSSR count). The Morgan fingerprint density at radius 1 is 1.13 bits per heavy atom. The van der Waals surface area contributed by atoms with Gasteiger partial charge in [-0.1, -0.05) is 28.8 Å². The van der Waals surface area contributed by atoms with E-state index >= 15 is 0 Å². The van der Waals surface area contributed by atoms with Gasteiger partial charge in [-0.2, -0.15) is 0 Å². The number of hydrogen-bond acceptors (Lipinski definition) is 2. The smallest absolute Gasteiger partial charge is 0.233 e. The van der Waals surface area contributed by atoms with Gasteiger partial charge in [-0.25, -0.2) is 0 Å². The van der Waals surface area contributed by atoms with Crippen molar-refractivity contribution in [2.45, 2.75) is 32.1 Å². The molecule has 0 unspecified atom stereocenters. The Bertz CT molecular complexity index is 256. The minimum atomic E-state index is 0.0153. The molecule has 0 aromatic rings. The third-order valence-electron chi connectivity index (χ3n) is 3.45. The summed E-state index contributed by atoms with van der Waals surface area (Å²) in [6, 6.07) is 0. The van der Waals surface area contributed by atoms with E-state index < -0.39 is 0 Å². The van der Waals surface area contributed by atoms with Crippen LogP contribution in [0.25, 0.3) is 0 Å². The molecule has 2 aliphatic rings. The van der Waals surface area contributed by atoms with Gasteiger partial charge in [0.05, 0.1) is 11.8 Å². The predicted octanol–water partition coefficient (Wildman–Crippen LogP) is 1.95. The van der Waals surface area contributed by atoms with E-state index in [9.17, 15) is 9.59 Å². The van der Waals surface area contributed by atoms with Gasteiger partial charge in [0.1, 0.15) is 0 Å². The Morgan fingerprint density at radius 3 is 2.13 bits per heavy atom. The van der Waals surface area contributed by atoms with Gasteiger partial charge in [0.2, 0.25) is 11.8 Å². The molecule has 1 saturated heterocycles. The monoisotopic (exact) mass is 273 g/mol. The fourth-order valence-corrected chi connectivity index (χ4v) is 2.92. The second-order valence-electron chi connectivity index (χ2n) is 4.37. The van der Waals surface area contributed by atoms with Crippen molar-refractivity contribution in [2.24, 2.45) is 11.8 Å². The Morgan fingerprint density at radius 2 is 1.67 bits per heavy atom. The quantitative estimate of drug-likeness (QED) is 0.582. The van der Waals surface area contributed by atoms with Crippen LogP contribution in [0.15, 0.2) is 0 Å². The van der Waals surface area contributed by atoms with Crippen molar-refractivity contribution in [2.75, 3.05) is 11.9 Å². The second kappa shape index (κ2) is 4.64. The number of carbonyl (C=O) groups is 2. The summed E-state index contributed by atoms with van der Waals surface area (Å²) in [6.45, 7) is 0.593. The van der Waals surface area contributed by atoms with E-state index in [0.717, 1.165) is 37.4 Å². The summed E-state index contributed by atoms with van der Waals surface area (Å²) in [5.74, 6) is 0.208. The Labute approximate surface area is 98.3 Å². The highest BCUT2D eigenvalue weighted by Crippen LogP contribution is 2.37. The lowest BCUT2D eigenvalue weighted by Crippen LogP contribution is -2.32. The lowest BCUT2D eigenvalue weighted by molar-refractivity contribution is -0.139. The van der Waals surface area contributed by atoms with Crippen LogP contribution in [-0.2, 0) is 9.59 Å². The van der Waals surface area contributed by atoms with E-state index in [4.69, 9.17) is 0 Å². The molecule has 2 fully saturated rings. The minimum Gasteiger partial charge on any atom is -0.282 e. The average molecular weight is 274 g/mol. The van der Waals surface area contributed by atoms with E-state index in [1.807, 2.05) is 0 Å². The molecule has 1 aliphatic heterocycles. The highest BCUT2D eigenvalue weighted by molar-refractivity contribution is 9.09. The number of imide groups is 1. The number of hydrogen-bond donors (Lipinski definition) is 0. The fraction of sp³-hybridized carbons (Fsp3) is 0.818. The van der Waals surface area contributed by atoms with Crippen molar-refractivity contribution in [1.29, 1.82) is 0 Å². The van der Waals surface area contributed by atoms with Crippen LogP contribution in [0.1, 0.15) is 32.1 Å². The van der Waals surface area contributed by atoms with Gasteiger partial charge in [-0.3, -0.25) is 14.5 Å². The van der Waals surface area contributed by atoms with Gasteiger partial charge >= 0.3 is 0 Å². The number of nitrogens with zero attached hydrogens (tertiary/aromatic N) is 1. The molecule has 2 atom stereocenters. The molecule has 4 heteroatoms. The van der Waals surface area contributed by atoms with Crippen LogP contribution < -0.4 is 0 Å². The molecule has 0 aromatic heterocycles. The molecule has 1 aliphatic carbocycles. The first kappa shape index (κ1) is 11.1. The number of likely N-dealkylation sites (tertiary alicyclic amines) is 1. The predicted molar refractivity (Wildman–Crippen MR) is 60.6 cm³/mol. The Kier molecular flexibility index (Phi) is 3.44. The normalized spacial score (nSPS) is 30.9. The first-order chi connectivity index (χ1) is 7.25. The zero-order chi connectivity index (χ0) is 10.8. The van der Waals surface area contributed by atoms with Crippen LogP contribution in [0.2, 0.25) is 0 Å². The van der Waals surface area contributed by atoms with Gasteiger partial charge in [0.15, 0.2) is 0 Å². The number of amides is 2. The van der Waals surface area contributed by atoms with Gasteiger partial charge in [-0.05, 0) is 19.3 Å². The van der Waals surface area contributed by atoms with Gasteiger partial charge in [0.25, 0.3) is 0 Å².